The Balaban J connectivity index is 1.38. The Hall–Kier alpha value is -1.41. The SMILES string of the molecule is O=C(CSCc1ccc(Br)cc1F)OCc1nnc(C2CC2)o1. The quantitative estimate of drug-likeness (QED) is 0.658. The van der Waals surface area contributed by atoms with Crippen LogP contribution in [0.3, 0.4) is 0 Å². The molecule has 0 bridgehead atoms. The molecule has 3 rings (SSSR count). The zero-order valence-electron chi connectivity index (χ0n) is 12.1. The molecule has 0 saturated heterocycles. The number of rotatable bonds is 7. The van der Waals surface area contributed by atoms with Crippen LogP contribution in [0.2, 0.25) is 0 Å². The lowest BCUT2D eigenvalue weighted by Crippen LogP contribution is -2.08. The molecule has 1 aromatic heterocycles. The molecule has 1 saturated carbocycles. The molecule has 0 aliphatic heterocycles. The first-order chi connectivity index (χ1) is 11.1. The van der Waals surface area contributed by atoms with Crippen molar-refractivity contribution < 1.29 is 18.3 Å². The summed E-state index contributed by atoms with van der Waals surface area (Å²) < 4.78 is 24.8. The van der Waals surface area contributed by atoms with Crippen LogP contribution >= 0.6 is 27.7 Å². The summed E-state index contributed by atoms with van der Waals surface area (Å²) in [6, 6.07) is 4.86. The minimum atomic E-state index is -0.390. The van der Waals surface area contributed by atoms with Crippen LogP contribution in [0.1, 0.15) is 36.1 Å². The molecule has 5 nitrogen and oxygen atoms in total. The van der Waals surface area contributed by atoms with Crippen molar-refractivity contribution in [3.63, 3.8) is 0 Å². The number of hydrogen-bond donors (Lipinski definition) is 0. The second-order valence-corrected chi connectivity index (χ2v) is 7.10. The molecule has 1 aliphatic rings. The first-order valence-electron chi connectivity index (χ1n) is 7.11. The van der Waals surface area contributed by atoms with Crippen LogP contribution in [-0.2, 0) is 21.9 Å². The number of carbonyl (C=O) groups is 1. The summed E-state index contributed by atoms with van der Waals surface area (Å²) in [6.45, 7) is -0.0221. The van der Waals surface area contributed by atoms with Crippen molar-refractivity contribution in [1.29, 1.82) is 0 Å². The molecule has 8 heteroatoms. The van der Waals surface area contributed by atoms with E-state index in [0.717, 1.165) is 12.8 Å². The van der Waals surface area contributed by atoms with E-state index >= 15 is 0 Å². The summed E-state index contributed by atoms with van der Waals surface area (Å²) in [4.78, 5) is 11.7. The van der Waals surface area contributed by atoms with Crippen molar-refractivity contribution in [2.24, 2.45) is 0 Å². The van der Waals surface area contributed by atoms with Crippen LogP contribution in [0, 0.1) is 5.82 Å². The number of hydrogen-bond acceptors (Lipinski definition) is 6. The normalized spacial score (nSPS) is 14.0. The molecule has 23 heavy (non-hydrogen) atoms. The van der Waals surface area contributed by atoms with Gasteiger partial charge in [-0.1, -0.05) is 22.0 Å². The van der Waals surface area contributed by atoms with E-state index in [9.17, 15) is 9.18 Å². The number of halogens is 2. The lowest BCUT2D eigenvalue weighted by molar-refractivity contribution is -0.142. The zero-order valence-corrected chi connectivity index (χ0v) is 14.5. The Morgan fingerprint density at radius 3 is 3.00 bits per heavy atom. The van der Waals surface area contributed by atoms with Crippen LogP contribution in [0.25, 0.3) is 0 Å². The third kappa shape index (κ3) is 4.78. The van der Waals surface area contributed by atoms with E-state index in [1.807, 2.05) is 0 Å². The van der Waals surface area contributed by atoms with Crippen molar-refractivity contribution in [3.8, 4) is 0 Å². The molecule has 0 atom stereocenters. The molecular formula is C15H14BrFN2O3S. The van der Waals surface area contributed by atoms with Gasteiger partial charge in [0.15, 0.2) is 6.61 Å². The molecule has 2 aromatic rings. The Bertz CT molecular complexity index is 706. The average molecular weight is 401 g/mol. The van der Waals surface area contributed by atoms with Gasteiger partial charge in [-0.15, -0.1) is 22.0 Å². The number of ether oxygens (including phenoxy) is 1. The number of benzene rings is 1. The topological polar surface area (TPSA) is 65.2 Å². The smallest absolute Gasteiger partial charge is 0.316 e. The molecule has 0 N–H and O–H groups in total. The fourth-order valence-corrected chi connectivity index (χ4v) is 3.03. The van der Waals surface area contributed by atoms with E-state index in [2.05, 4.69) is 26.1 Å². The second-order valence-electron chi connectivity index (χ2n) is 5.20. The number of esters is 1. The zero-order chi connectivity index (χ0) is 16.2. The van der Waals surface area contributed by atoms with Gasteiger partial charge in [-0.05, 0) is 30.5 Å². The van der Waals surface area contributed by atoms with Crippen molar-refractivity contribution in [2.75, 3.05) is 5.75 Å². The maximum Gasteiger partial charge on any atom is 0.316 e. The molecule has 0 radical (unpaired) electrons. The fraction of sp³-hybridized carbons (Fsp3) is 0.400. The minimum Gasteiger partial charge on any atom is -0.455 e. The molecule has 122 valence electrons. The summed E-state index contributed by atoms with van der Waals surface area (Å²) in [5.74, 6) is 1.17. The molecule has 1 heterocycles. The molecule has 0 amide bonds. The standard InChI is InChI=1S/C15H14BrFN2O3S/c16-11-4-3-10(12(17)5-11)7-23-8-14(20)21-6-13-18-19-15(22-13)9-1-2-9/h3-5,9H,1-2,6-8H2. The van der Waals surface area contributed by atoms with E-state index in [1.165, 1.54) is 17.8 Å². The minimum absolute atomic E-state index is 0.0221. The second kappa shape index (κ2) is 7.44. The fourth-order valence-electron chi connectivity index (χ4n) is 1.89. The van der Waals surface area contributed by atoms with Crippen LogP contribution < -0.4 is 0 Å². The highest BCUT2D eigenvalue weighted by Crippen LogP contribution is 2.39. The molecule has 1 aromatic carbocycles. The molecular weight excluding hydrogens is 387 g/mol. The molecule has 1 aliphatic carbocycles. The summed E-state index contributed by atoms with van der Waals surface area (Å²) in [5.41, 5.74) is 0.553. The van der Waals surface area contributed by atoms with Crippen molar-refractivity contribution >= 4 is 33.7 Å². The van der Waals surface area contributed by atoms with Crippen LogP contribution in [0.15, 0.2) is 27.1 Å². The summed E-state index contributed by atoms with van der Waals surface area (Å²) >= 11 is 4.50. The Labute approximate surface area is 145 Å². The number of thioether (sulfide) groups is 1. The highest BCUT2D eigenvalue weighted by atomic mass is 79.9. The van der Waals surface area contributed by atoms with Gasteiger partial charge >= 0.3 is 5.97 Å². The van der Waals surface area contributed by atoms with Crippen LogP contribution in [-0.4, -0.2) is 21.9 Å². The third-order valence-corrected chi connectivity index (χ3v) is 4.71. The third-order valence-electron chi connectivity index (χ3n) is 3.26. The van der Waals surface area contributed by atoms with Gasteiger partial charge in [0.05, 0.1) is 5.75 Å². The Morgan fingerprint density at radius 1 is 1.43 bits per heavy atom. The predicted molar refractivity (Wildman–Crippen MR) is 86.3 cm³/mol. The molecule has 0 spiro atoms. The maximum atomic E-state index is 13.6. The van der Waals surface area contributed by atoms with E-state index < -0.39 is 5.97 Å². The van der Waals surface area contributed by atoms with Crippen molar-refractivity contribution in [2.45, 2.75) is 31.1 Å². The van der Waals surface area contributed by atoms with E-state index in [0.29, 0.717) is 33.5 Å². The first-order valence-corrected chi connectivity index (χ1v) is 9.06. The number of nitrogens with zero attached hydrogens (tertiary/aromatic N) is 2. The summed E-state index contributed by atoms with van der Waals surface area (Å²) in [5, 5.41) is 7.76. The highest BCUT2D eigenvalue weighted by molar-refractivity contribution is 9.10. The number of aromatic nitrogens is 2. The van der Waals surface area contributed by atoms with Gasteiger partial charge in [-0.25, -0.2) is 4.39 Å². The Morgan fingerprint density at radius 2 is 2.26 bits per heavy atom. The van der Waals surface area contributed by atoms with Gasteiger partial charge in [0, 0.05) is 16.1 Å². The van der Waals surface area contributed by atoms with Gasteiger partial charge in [-0.3, -0.25) is 4.79 Å². The molecule has 1 fully saturated rings. The van der Waals surface area contributed by atoms with Gasteiger partial charge in [0.1, 0.15) is 5.82 Å². The van der Waals surface area contributed by atoms with E-state index in [-0.39, 0.29) is 18.2 Å². The summed E-state index contributed by atoms with van der Waals surface area (Å²) in [7, 11) is 0. The lowest BCUT2D eigenvalue weighted by Gasteiger charge is -2.04. The Kier molecular flexibility index (Phi) is 5.32. The first kappa shape index (κ1) is 16.4. The number of carbonyl (C=O) groups excluding carboxylic acids is 1. The van der Waals surface area contributed by atoms with Crippen molar-refractivity contribution in [1.82, 2.24) is 10.2 Å². The maximum absolute atomic E-state index is 13.6. The van der Waals surface area contributed by atoms with Crippen molar-refractivity contribution in [3.05, 3.63) is 45.8 Å². The average Bonchev–Trinajstić information content (AvgIpc) is 3.26. The monoisotopic (exact) mass is 400 g/mol. The van der Waals surface area contributed by atoms with Gasteiger partial charge in [0.2, 0.25) is 5.89 Å². The largest absolute Gasteiger partial charge is 0.455 e. The van der Waals surface area contributed by atoms with Gasteiger partial charge < -0.3 is 9.15 Å². The van der Waals surface area contributed by atoms with Gasteiger partial charge in [0.25, 0.3) is 5.89 Å². The van der Waals surface area contributed by atoms with Crippen LogP contribution in [0.5, 0.6) is 0 Å². The highest BCUT2D eigenvalue weighted by Gasteiger charge is 2.29. The predicted octanol–water partition coefficient (Wildman–Crippen LogP) is 3.83. The van der Waals surface area contributed by atoms with Crippen LogP contribution in [0.4, 0.5) is 4.39 Å². The summed E-state index contributed by atoms with van der Waals surface area (Å²) in [6.07, 6.45) is 2.15. The van der Waals surface area contributed by atoms with E-state index in [4.69, 9.17) is 9.15 Å². The van der Waals surface area contributed by atoms with Gasteiger partial charge in [-0.2, -0.15) is 0 Å². The van der Waals surface area contributed by atoms with E-state index in [1.54, 1.807) is 12.1 Å². The lowest BCUT2D eigenvalue weighted by atomic mass is 10.2. The molecule has 0 unspecified atom stereocenters.